The molecular weight excluding hydrogens is 497 g/mol. The number of allylic oxidation sites excluding steroid dienone is 1. The maximum absolute atomic E-state index is 13.6. The van der Waals surface area contributed by atoms with E-state index in [1.54, 1.807) is 30.6 Å². The van der Waals surface area contributed by atoms with Gasteiger partial charge in [-0.05, 0) is 38.3 Å². The van der Waals surface area contributed by atoms with Gasteiger partial charge in [0.1, 0.15) is 11.8 Å². The van der Waals surface area contributed by atoms with Gasteiger partial charge in [0.05, 0.1) is 26.1 Å². The Morgan fingerprint density at radius 3 is 2.76 bits per heavy atom. The van der Waals surface area contributed by atoms with Gasteiger partial charge in [-0.2, -0.15) is 15.1 Å². The Morgan fingerprint density at radius 1 is 1.24 bits per heavy atom. The van der Waals surface area contributed by atoms with Crippen LogP contribution >= 0.6 is 7.75 Å². The molecule has 2 heterocycles. The average Bonchev–Trinajstić information content (AvgIpc) is 3.40. The third kappa shape index (κ3) is 5.93. The van der Waals surface area contributed by atoms with E-state index in [0.717, 1.165) is 12.8 Å². The number of benzene rings is 1. The zero-order valence-electron chi connectivity index (χ0n) is 20.6. The molecule has 1 fully saturated rings. The fourth-order valence-corrected chi connectivity index (χ4v) is 5.70. The number of para-hydroxylation sites is 1. The van der Waals surface area contributed by atoms with Crippen molar-refractivity contribution in [3.8, 4) is 5.75 Å². The van der Waals surface area contributed by atoms with Crippen molar-refractivity contribution in [3.05, 3.63) is 48.8 Å². The SMILES string of the molecule is COC(=O)[C@@H](C)NP(=O)(OC[C@@H]1C=C[C@H](n2cnc3c(NC4CC4)nc(N)nc32)C1)Oc1ccccc1. The third-order valence-corrected chi connectivity index (χ3v) is 7.84. The van der Waals surface area contributed by atoms with E-state index in [-0.39, 0.29) is 24.5 Å². The zero-order chi connectivity index (χ0) is 26.0. The Bertz CT molecular complexity index is 1340. The van der Waals surface area contributed by atoms with Crippen LogP contribution in [0.2, 0.25) is 0 Å². The van der Waals surface area contributed by atoms with Crippen LogP contribution in [0.15, 0.2) is 48.8 Å². The molecule has 196 valence electrons. The number of rotatable bonds is 11. The highest BCUT2D eigenvalue weighted by Gasteiger charge is 2.34. The average molecular weight is 528 g/mol. The van der Waals surface area contributed by atoms with Gasteiger partial charge in [0, 0.05) is 12.0 Å². The number of fused-ring (bicyclic) bond motifs is 1. The van der Waals surface area contributed by atoms with Crippen LogP contribution in [0, 0.1) is 5.92 Å². The van der Waals surface area contributed by atoms with Crippen LogP contribution in [0.25, 0.3) is 11.2 Å². The van der Waals surface area contributed by atoms with Gasteiger partial charge in [-0.25, -0.2) is 9.55 Å². The van der Waals surface area contributed by atoms with Gasteiger partial charge in [-0.15, -0.1) is 0 Å². The summed E-state index contributed by atoms with van der Waals surface area (Å²) in [7, 11) is -2.64. The number of aromatic nitrogens is 4. The molecule has 3 aromatic rings. The topological polar surface area (TPSA) is 156 Å². The molecule has 4 N–H and O–H groups in total. The molecule has 5 rings (SSSR count). The minimum Gasteiger partial charge on any atom is -0.468 e. The molecule has 0 amide bonds. The molecule has 13 heteroatoms. The highest BCUT2D eigenvalue weighted by atomic mass is 31.2. The summed E-state index contributed by atoms with van der Waals surface area (Å²) in [5.74, 6) is 0.547. The number of carbonyl (C=O) groups excluding carboxylic acids is 1. The van der Waals surface area contributed by atoms with E-state index < -0.39 is 19.8 Å². The summed E-state index contributed by atoms with van der Waals surface area (Å²) in [5.41, 5.74) is 7.31. The highest BCUT2D eigenvalue weighted by Crippen LogP contribution is 2.46. The van der Waals surface area contributed by atoms with Crippen LogP contribution in [0.4, 0.5) is 11.8 Å². The van der Waals surface area contributed by atoms with Crippen LogP contribution in [0.1, 0.15) is 32.2 Å². The Morgan fingerprint density at radius 2 is 2.03 bits per heavy atom. The van der Waals surface area contributed by atoms with E-state index in [2.05, 4.69) is 25.4 Å². The van der Waals surface area contributed by atoms with E-state index in [1.807, 2.05) is 22.8 Å². The van der Waals surface area contributed by atoms with Crippen molar-refractivity contribution in [2.45, 2.75) is 44.3 Å². The number of hydrogen-bond acceptors (Lipinski definition) is 10. The second-order valence-electron chi connectivity index (χ2n) is 9.19. The Balaban J connectivity index is 1.27. The fraction of sp³-hybridized carbons (Fsp3) is 0.417. The predicted octanol–water partition coefficient (Wildman–Crippen LogP) is 3.45. The monoisotopic (exact) mass is 527 g/mol. The smallest absolute Gasteiger partial charge is 0.459 e. The number of nitrogens with two attached hydrogens (primary N) is 1. The summed E-state index contributed by atoms with van der Waals surface area (Å²) in [6, 6.07) is 8.11. The van der Waals surface area contributed by atoms with Gasteiger partial charge < -0.3 is 24.9 Å². The number of methoxy groups -OCH3 is 1. The molecule has 12 nitrogen and oxygen atoms in total. The number of carbonyl (C=O) groups is 1. The molecule has 0 bridgehead atoms. The number of ether oxygens (including phenoxy) is 1. The highest BCUT2D eigenvalue weighted by molar-refractivity contribution is 7.52. The Kier molecular flexibility index (Phi) is 7.14. The van der Waals surface area contributed by atoms with Crippen molar-refractivity contribution in [2.75, 3.05) is 24.8 Å². The van der Waals surface area contributed by atoms with Crippen molar-refractivity contribution in [3.63, 3.8) is 0 Å². The first-order valence-electron chi connectivity index (χ1n) is 12.1. The fourth-order valence-electron chi connectivity index (χ4n) is 4.15. The molecule has 1 aromatic carbocycles. The first-order valence-corrected chi connectivity index (χ1v) is 13.7. The third-order valence-electron chi connectivity index (χ3n) is 6.20. The van der Waals surface area contributed by atoms with E-state index in [0.29, 0.717) is 35.2 Å². The molecule has 4 atom stereocenters. The first-order chi connectivity index (χ1) is 17.8. The van der Waals surface area contributed by atoms with E-state index >= 15 is 0 Å². The van der Waals surface area contributed by atoms with Gasteiger partial charge in [-0.1, -0.05) is 30.4 Å². The molecule has 2 aliphatic rings. The lowest BCUT2D eigenvalue weighted by Crippen LogP contribution is -2.34. The number of esters is 1. The minimum absolute atomic E-state index is 0.0435. The molecule has 1 saturated carbocycles. The van der Waals surface area contributed by atoms with Crippen molar-refractivity contribution in [1.29, 1.82) is 0 Å². The second-order valence-corrected chi connectivity index (χ2v) is 10.9. The van der Waals surface area contributed by atoms with Crippen molar-refractivity contribution >= 4 is 36.6 Å². The van der Waals surface area contributed by atoms with Gasteiger partial charge in [0.2, 0.25) is 5.95 Å². The molecular formula is C24H30N7O5P. The largest absolute Gasteiger partial charge is 0.468 e. The van der Waals surface area contributed by atoms with Gasteiger partial charge >= 0.3 is 13.7 Å². The molecule has 0 radical (unpaired) electrons. The molecule has 0 spiro atoms. The maximum Gasteiger partial charge on any atom is 0.459 e. The molecule has 1 unspecified atom stereocenters. The molecule has 37 heavy (non-hydrogen) atoms. The number of anilines is 2. The van der Waals surface area contributed by atoms with Crippen LogP contribution in [0.3, 0.4) is 0 Å². The molecule has 0 aliphatic heterocycles. The molecule has 0 saturated heterocycles. The summed E-state index contributed by atoms with van der Waals surface area (Å²) < 4.78 is 31.8. The lowest BCUT2D eigenvalue weighted by Gasteiger charge is -2.23. The van der Waals surface area contributed by atoms with Crippen molar-refractivity contribution < 1.29 is 23.1 Å². The molecule has 2 aliphatic carbocycles. The summed E-state index contributed by atoms with van der Waals surface area (Å²) in [6.45, 7) is 1.64. The number of nitrogens with zero attached hydrogens (tertiary/aromatic N) is 4. The van der Waals surface area contributed by atoms with Gasteiger partial charge in [0.15, 0.2) is 17.0 Å². The van der Waals surface area contributed by atoms with Crippen LogP contribution in [-0.4, -0.2) is 51.3 Å². The Labute approximate surface area is 214 Å². The maximum atomic E-state index is 13.6. The molecule has 2 aromatic heterocycles. The minimum atomic E-state index is -3.91. The Hall–Kier alpha value is -3.47. The lowest BCUT2D eigenvalue weighted by atomic mass is 10.1. The van der Waals surface area contributed by atoms with Gasteiger partial charge in [-0.3, -0.25) is 9.32 Å². The number of hydrogen-bond donors (Lipinski definition) is 3. The van der Waals surface area contributed by atoms with Gasteiger partial charge in [0.25, 0.3) is 0 Å². The van der Waals surface area contributed by atoms with Crippen LogP contribution in [0.5, 0.6) is 5.75 Å². The quantitative estimate of drug-likeness (QED) is 0.191. The second kappa shape index (κ2) is 10.5. The summed E-state index contributed by atoms with van der Waals surface area (Å²) in [6.07, 6.45) is 8.64. The first kappa shape index (κ1) is 25.2. The predicted molar refractivity (Wildman–Crippen MR) is 138 cm³/mol. The van der Waals surface area contributed by atoms with Crippen molar-refractivity contribution in [2.24, 2.45) is 5.92 Å². The normalized spacial score (nSPS) is 21.5. The summed E-state index contributed by atoms with van der Waals surface area (Å²) in [5, 5.41) is 6.04. The van der Waals surface area contributed by atoms with E-state index in [1.165, 1.54) is 14.0 Å². The van der Waals surface area contributed by atoms with Crippen LogP contribution < -0.4 is 20.7 Å². The summed E-state index contributed by atoms with van der Waals surface area (Å²) >= 11 is 0. The van der Waals surface area contributed by atoms with Crippen LogP contribution in [-0.2, 0) is 18.6 Å². The zero-order valence-corrected chi connectivity index (χ0v) is 21.5. The lowest BCUT2D eigenvalue weighted by molar-refractivity contribution is -0.142. The standard InChI is InChI=1S/C24H30N7O5P/c1-15(23(32)34-2)30-37(33,36-19-6-4-3-5-7-19)35-13-16-8-11-18(12-16)31-14-26-20-21(27-17-9-10-17)28-24(25)29-22(20)31/h3-8,11,14-18H,9-10,12-13H2,1-2H3,(H,30,33)(H3,25,27,28,29)/t15-,16-,18+,37?/m1/s1. The number of imidazole rings is 1. The number of nitrogen functional groups attached to an aromatic ring is 1. The van der Waals surface area contributed by atoms with E-state index in [9.17, 15) is 9.36 Å². The number of nitrogens with one attached hydrogen (secondary N) is 2. The van der Waals surface area contributed by atoms with E-state index in [4.69, 9.17) is 19.5 Å². The van der Waals surface area contributed by atoms with Crippen molar-refractivity contribution in [1.82, 2.24) is 24.6 Å². The summed E-state index contributed by atoms with van der Waals surface area (Å²) in [4.78, 5) is 25.2.